The highest BCUT2D eigenvalue weighted by atomic mass is 16.6. The van der Waals surface area contributed by atoms with Gasteiger partial charge >= 0.3 is 0 Å². The number of methoxy groups -OCH3 is 1. The van der Waals surface area contributed by atoms with Crippen molar-refractivity contribution < 1.29 is 9.66 Å². The number of hydrogen-bond acceptors (Lipinski definition) is 5. The van der Waals surface area contributed by atoms with Gasteiger partial charge in [0.15, 0.2) is 0 Å². The highest BCUT2D eigenvalue weighted by Gasteiger charge is 2.18. The van der Waals surface area contributed by atoms with Crippen LogP contribution in [-0.4, -0.2) is 12.0 Å². The molecule has 0 spiro atoms. The van der Waals surface area contributed by atoms with Gasteiger partial charge in [-0.1, -0.05) is 26.0 Å². The SMILES string of the molecule is COc1ccc(C(Nc2ccc([N+](=O)[O-])cc2C#N)C(C)C)cc1. The number of nitro groups is 1. The molecule has 124 valence electrons. The van der Waals surface area contributed by atoms with Crippen LogP contribution in [0.3, 0.4) is 0 Å². The fraction of sp³-hybridized carbons (Fsp3) is 0.278. The molecule has 0 aliphatic heterocycles. The van der Waals surface area contributed by atoms with Crippen molar-refractivity contribution >= 4 is 11.4 Å². The molecule has 0 heterocycles. The van der Waals surface area contributed by atoms with E-state index in [1.54, 1.807) is 13.2 Å². The fourth-order valence-electron chi connectivity index (χ4n) is 2.48. The highest BCUT2D eigenvalue weighted by Crippen LogP contribution is 2.30. The lowest BCUT2D eigenvalue weighted by atomic mass is 9.95. The minimum atomic E-state index is -0.506. The number of nitro benzene ring substituents is 1. The Hall–Kier alpha value is -3.07. The fourth-order valence-corrected chi connectivity index (χ4v) is 2.48. The number of ether oxygens (including phenoxy) is 1. The summed E-state index contributed by atoms with van der Waals surface area (Å²) in [5.41, 5.74) is 1.79. The van der Waals surface area contributed by atoms with Crippen molar-refractivity contribution in [2.45, 2.75) is 19.9 Å². The molecule has 0 aliphatic carbocycles. The summed E-state index contributed by atoms with van der Waals surface area (Å²) >= 11 is 0. The Kier molecular flexibility index (Phi) is 5.38. The largest absolute Gasteiger partial charge is 0.497 e. The summed E-state index contributed by atoms with van der Waals surface area (Å²) < 4.78 is 5.17. The molecule has 2 aromatic carbocycles. The molecular weight excluding hydrogens is 306 g/mol. The Bertz CT molecular complexity index is 764. The van der Waals surface area contributed by atoms with E-state index < -0.39 is 4.92 Å². The zero-order valence-electron chi connectivity index (χ0n) is 13.8. The van der Waals surface area contributed by atoms with E-state index in [2.05, 4.69) is 19.2 Å². The van der Waals surface area contributed by atoms with Crippen molar-refractivity contribution in [3.05, 3.63) is 63.7 Å². The van der Waals surface area contributed by atoms with Crippen LogP contribution in [0.1, 0.15) is 31.0 Å². The van der Waals surface area contributed by atoms with Gasteiger partial charge < -0.3 is 10.1 Å². The van der Waals surface area contributed by atoms with Gasteiger partial charge in [0.1, 0.15) is 11.8 Å². The summed E-state index contributed by atoms with van der Waals surface area (Å²) in [5.74, 6) is 1.02. The van der Waals surface area contributed by atoms with Gasteiger partial charge in [0, 0.05) is 12.1 Å². The van der Waals surface area contributed by atoms with Crippen molar-refractivity contribution in [2.75, 3.05) is 12.4 Å². The van der Waals surface area contributed by atoms with Gasteiger partial charge in [0.2, 0.25) is 0 Å². The first-order valence-electron chi connectivity index (χ1n) is 7.55. The van der Waals surface area contributed by atoms with E-state index in [-0.39, 0.29) is 23.2 Å². The van der Waals surface area contributed by atoms with E-state index >= 15 is 0 Å². The molecular formula is C18H19N3O3. The lowest BCUT2D eigenvalue weighted by Gasteiger charge is -2.24. The van der Waals surface area contributed by atoms with E-state index in [1.807, 2.05) is 30.3 Å². The summed E-state index contributed by atoms with van der Waals surface area (Å²) in [6, 6.07) is 13.9. The average Bonchev–Trinajstić information content (AvgIpc) is 2.59. The van der Waals surface area contributed by atoms with E-state index in [1.165, 1.54) is 12.1 Å². The molecule has 0 saturated carbocycles. The lowest BCUT2D eigenvalue weighted by Crippen LogP contribution is -2.17. The molecule has 1 N–H and O–H groups in total. The first-order chi connectivity index (χ1) is 11.5. The minimum Gasteiger partial charge on any atom is -0.497 e. The number of non-ortho nitro benzene ring substituents is 1. The Morgan fingerprint density at radius 1 is 1.21 bits per heavy atom. The number of benzene rings is 2. The van der Waals surface area contributed by atoms with E-state index in [0.717, 1.165) is 11.3 Å². The van der Waals surface area contributed by atoms with Crippen LogP contribution >= 0.6 is 0 Å². The van der Waals surface area contributed by atoms with Gasteiger partial charge in [-0.3, -0.25) is 10.1 Å². The van der Waals surface area contributed by atoms with Crippen LogP contribution in [0.25, 0.3) is 0 Å². The number of nitriles is 1. The second-order valence-electron chi connectivity index (χ2n) is 5.74. The van der Waals surface area contributed by atoms with Crippen molar-refractivity contribution in [1.29, 1.82) is 5.26 Å². The molecule has 0 aliphatic rings. The number of nitrogens with one attached hydrogen (secondary N) is 1. The predicted octanol–water partition coefficient (Wildman–Crippen LogP) is 4.28. The maximum absolute atomic E-state index is 10.9. The van der Waals surface area contributed by atoms with E-state index in [9.17, 15) is 15.4 Å². The molecule has 1 atom stereocenters. The molecule has 0 saturated heterocycles. The first-order valence-corrected chi connectivity index (χ1v) is 7.55. The second kappa shape index (κ2) is 7.47. The normalized spacial score (nSPS) is 11.6. The third-order valence-electron chi connectivity index (χ3n) is 3.79. The Morgan fingerprint density at radius 2 is 1.88 bits per heavy atom. The lowest BCUT2D eigenvalue weighted by molar-refractivity contribution is -0.384. The topological polar surface area (TPSA) is 88.2 Å². The summed E-state index contributed by atoms with van der Waals surface area (Å²) in [6.07, 6.45) is 0. The molecule has 0 amide bonds. The zero-order valence-corrected chi connectivity index (χ0v) is 13.8. The van der Waals surface area contributed by atoms with E-state index in [0.29, 0.717) is 5.69 Å². The van der Waals surface area contributed by atoms with Crippen LogP contribution in [0, 0.1) is 27.4 Å². The molecule has 1 unspecified atom stereocenters. The Balaban J connectivity index is 2.34. The second-order valence-corrected chi connectivity index (χ2v) is 5.74. The highest BCUT2D eigenvalue weighted by molar-refractivity contribution is 5.62. The Labute approximate surface area is 140 Å². The number of rotatable bonds is 6. The minimum absolute atomic E-state index is 0.0375. The standard InChI is InChI=1S/C18H19N3O3/c1-12(2)18(13-4-7-16(24-3)8-5-13)20-17-9-6-15(21(22)23)10-14(17)11-19/h4-10,12,18,20H,1-3H3. The van der Waals surface area contributed by atoms with Crippen LogP contribution in [0.2, 0.25) is 0 Å². The quantitative estimate of drug-likeness (QED) is 0.632. The molecule has 24 heavy (non-hydrogen) atoms. The molecule has 2 rings (SSSR count). The van der Waals surface area contributed by atoms with Crippen LogP contribution in [-0.2, 0) is 0 Å². The summed E-state index contributed by atoms with van der Waals surface area (Å²) in [7, 11) is 1.61. The van der Waals surface area contributed by atoms with Gasteiger partial charge in [-0.15, -0.1) is 0 Å². The van der Waals surface area contributed by atoms with Gasteiger partial charge in [-0.25, -0.2) is 0 Å². The maximum Gasteiger partial charge on any atom is 0.270 e. The smallest absolute Gasteiger partial charge is 0.270 e. The van der Waals surface area contributed by atoms with Crippen molar-refractivity contribution in [1.82, 2.24) is 0 Å². The molecule has 0 aromatic heterocycles. The number of hydrogen-bond donors (Lipinski definition) is 1. The van der Waals surface area contributed by atoms with Crippen LogP contribution in [0.15, 0.2) is 42.5 Å². The first kappa shape index (κ1) is 17.3. The van der Waals surface area contributed by atoms with Gasteiger partial charge in [0.25, 0.3) is 5.69 Å². The van der Waals surface area contributed by atoms with Crippen LogP contribution < -0.4 is 10.1 Å². The third kappa shape index (κ3) is 3.82. The summed E-state index contributed by atoms with van der Waals surface area (Å²) in [4.78, 5) is 10.4. The van der Waals surface area contributed by atoms with Crippen molar-refractivity contribution in [2.24, 2.45) is 5.92 Å². The number of anilines is 1. The third-order valence-corrected chi connectivity index (χ3v) is 3.79. The van der Waals surface area contributed by atoms with Crippen molar-refractivity contribution in [3.63, 3.8) is 0 Å². The predicted molar refractivity (Wildman–Crippen MR) is 92.0 cm³/mol. The Morgan fingerprint density at radius 3 is 2.38 bits per heavy atom. The molecule has 0 radical (unpaired) electrons. The van der Waals surface area contributed by atoms with Gasteiger partial charge in [-0.2, -0.15) is 5.26 Å². The van der Waals surface area contributed by atoms with Crippen LogP contribution in [0.4, 0.5) is 11.4 Å². The number of nitrogens with zero attached hydrogens (tertiary/aromatic N) is 2. The van der Waals surface area contributed by atoms with Crippen LogP contribution in [0.5, 0.6) is 5.75 Å². The molecule has 2 aromatic rings. The van der Waals surface area contributed by atoms with E-state index in [4.69, 9.17) is 4.74 Å². The monoisotopic (exact) mass is 325 g/mol. The molecule has 6 heteroatoms. The van der Waals surface area contributed by atoms with Gasteiger partial charge in [-0.05, 0) is 29.7 Å². The zero-order chi connectivity index (χ0) is 17.7. The maximum atomic E-state index is 10.9. The van der Waals surface area contributed by atoms with Crippen molar-refractivity contribution in [3.8, 4) is 11.8 Å². The summed E-state index contributed by atoms with van der Waals surface area (Å²) in [5, 5.41) is 23.5. The molecule has 0 bridgehead atoms. The average molecular weight is 325 g/mol. The summed E-state index contributed by atoms with van der Waals surface area (Å²) in [6.45, 7) is 4.14. The van der Waals surface area contributed by atoms with Gasteiger partial charge in [0.05, 0.1) is 29.3 Å². The molecule has 0 fully saturated rings. The molecule has 6 nitrogen and oxygen atoms in total.